The summed E-state index contributed by atoms with van der Waals surface area (Å²) < 4.78 is 11.1. The number of rotatable bonds is 10. The van der Waals surface area contributed by atoms with Crippen molar-refractivity contribution in [1.82, 2.24) is 0 Å². The number of carbonyl (C=O) groups excluding carboxylic acids is 1. The first kappa shape index (κ1) is 23.3. The zero-order valence-corrected chi connectivity index (χ0v) is 20.4. The Morgan fingerprint density at radius 1 is 1.03 bits per heavy atom. The third kappa shape index (κ3) is 5.61. The van der Waals surface area contributed by atoms with Crippen LogP contribution in [-0.2, 0) is 22.5 Å². The molecule has 5 rings (SSSR count). The molecular weight excluding hydrogens is 436 g/mol. The highest BCUT2D eigenvalue weighted by Crippen LogP contribution is 2.48. The predicted molar refractivity (Wildman–Crippen MR) is 140 cm³/mol. The number of hydrogen-bond acceptors (Lipinski definition) is 5. The van der Waals surface area contributed by atoms with Crippen molar-refractivity contribution in [2.45, 2.75) is 38.6 Å². The molecule has 1 saturated carbocycles. The van der Waals surface area contributed by atoms with Crippen LogP contribution in [0.4, 0.5) is 11.4 Å². The molecule has 1 aliphatic carbocycles. The molecule has 1 aliphatic heterocycles. The molecule has 2 atom stereocenters. The SMILES string of the molecule is CCOC(=O)[C@@H]1C[C@H]1c1ccc(NCc2cccc3c2CCCN3CCOc2ccccc2)cc1. The van der Waals surface area contributed by atoms with Crippen molar-refractivity contribution in [2.24, 2.45) is 5.92 Å². The van der Waals surface area contributed by atoms with Gasteiger partial charge in [-0.3, -0.25) is 4.79 Å². The van der Waals surface area contributed by atoms with E-state index in [9.17, 15) is 4.79 Å². The molecule has 1 fully saturated rings. The summed E-state index contributed by atoms with van der Waals surface area (Å²) >= 11 is 0. The highest BCUT2D eigenvalue weighted by molar-refractivity contribution is 5.77. The summed E-state index contributed by atoms with van der Waals surface area (Å²) in [6.45, 7) is 5.73. The first-order valence-corrected chi connectivity index (χ1v) is 12.8. The summed E-state index contributed by atoms with van der Waals surface area (Å²) in [4.78, 5) is 14.4. The van der Waals surface area contributed by atoms with Gasteiger partial charge in [0.1, 0.15) is 12.4 Å². The Morgan fingerprint density at radius 2 is 1.86 bits per heavy atom. The maximum Gasteiger partial charge on any atom is 0.309 e. The number of carbonyl (C=O) groups is 1. The predicted octanol–water partition coefficient (Wildman–Crippen LogP) is 5.80. The van der Waals surface area contributed by atoms with Crippen LogP contribution < -0.4 is 15.0 Å². The van der Waals surface area contributed by atoms with Crippen LogP contribution in [0.2, 0.25) is 0 Å². The van der Waals surface area contributed by atoms with E-state index in [0.717, 1.165) is 50.3 Å². The highest BCUT2D eigenvalue weighted by atomic mass is 16.5. The second-order valence-corrected chi connectivity index (χ2v) is 9.34. The van der Waals surface area contributed by atoms with Crippen molar-refractivity contribution in [2.75, 3.05) is 36.5 Å². The average molecular weight is 471 g/mol. The molecule has 3 aromatic carbocycles. The molecule has 0 saturated heterocycles. The van der Waals surface area contributed by atoms with Crippen molar-refractivity contribution >= 4 is 17.3 Å². The van der Waals surface area contributed by atoms with Crippen LogP contribution in [-0.4, -0.2) is 32.3 Å². The second-order valence-electron chi connectivity index (χ2n) is 9.34. The van der Waals surface area contributed by atoms with Gasteiger partial charge in [0.2, 0.25) is 0 Å². The van der Waals surface area contributed by atoms with E-state index in [1.165, 1.54) is 22.4 Å². The molecule has 1 heterocycles. The highest BCUT2D eigenvalue weighted by Gasteiger charge is 2.45. The summed E-state index contributed by atoms with van der Waals surface area (Å²) in [5.41, 5.74) is 6.45. The second kappa shape index (κ2) is 10.9. The lowest BCUT2D eigenvalue weighted by Gasteiger charge is -2.32. The average Bonchev–Trinajstić information content (AvgIpc) is 3.70. The van der Waals surface area contributed by atoms with Gasteiger partial charge >= 0.3 is 5.97 Å². The van der Waals surface area contributed by atoms with E-state index in [1.807, 2.05) is 37.3 Å². The lowest BCUT2D eigenvalue weighted by molar-refractivity contribution is -0.144. The molecule has 5 nitrogen and oxygen atoms in total. The topological polar surface area (TPSA) is 50.8 Å². The number of benzene rings is 3. The Bertz CT molecular complexity index is 1130. The van der Waals surface area contributed by atoms with Crippen LogP contribution in [0.5, 0.6) is 5.75 Å². The van der Waals surface area contributed by atoms with Crippen molar-refractivity contribution in [1.29, 1.82) is 0 Å². The van der Waals surface area contributed by atoms with Crippen molar-refractivity contribution < 1.29 is 14.3 Å². The molecule has 5 heteroatoms. The van der Waals surface area contributed by atoms with Crippen molar-refractivity contribution in [3.05, 3.63) is 89.5 Å². The lowest BCUT2D eigenvalue weighted by Crippen LogP contribution is -2.33. The number of nitrogens with zero attached hydrogens (tertiary/aromatic N) is 1. The number of para-hydroxylation sites is 1. The minimum atomic E-state index is -0.0609. The largest absolute Gasteiger partial charge is 0.492 e. The van der Waals surface area contributed by atoms with E-state index in [1.54, 1.807) is 0 Å². The number of ether oxygens (including phenoxy) is 2. The van der Waals surface area contributed by atoms with Gasteiger partial charge in [-0.25, -0.2) is 0 Å². The van der Waals surface area contributed by atoms with E-state index in [4.69, 9.17) is 9.47 Å². The Balaban J connectivity index is 1.17. The fraction of sp³-hybridized carbons (Fsp3) is 0.367. The lowest BCUT2D eigenvalue weighted by atomic mass is 9.96. The van der Waals surface area contributed by atoms with Gasteiger partial charge in [0.05, 0.1) is 19.1 Å². The van der Waals surface area contributed by atoms with Gasteiger partial charge in [0.25, 0.3) is 0 Å². The smallest absolute Gasteiger partial charge is 0.309 e. The number of nitrogens with one attached hydrogen (secondary N) is 1. The molecule has 2 aliphatic rings. The van der Waals surface area contributed by atoms with Crippen LogP contribution in [0, 0.1) is 5.92 Å². The van der Waals surface area contributed by atoms with Crippen LogP contribution in [0.25, 0.3) is 0 Å². The van der Waals surface area contributed by atoms with Crippen molar-refractivity contribution in [3.63, 3.8) is 0 Å². The molecule has 0 spiro atoms. The Morgan fingerprint density at radius 3 is 2.66 bits per heavy atom. The van der Waals surface area contributed by atoms with Gasteiger partial charge < -0.3 is 19.7 Å². The van der Waals surface area contributed by atoms with Gasteiger partial charge in [0, 0.05) is 24.5 Å². The first-order chi connectivity index (χ1) is 17.2. The van der Waals surface area contributed by atoms with Crippen LogP contribution in [0.15, 0.2) is 72.8 Å². The molecular formula is C30H34N2O3. The molecule has 0 amide bonds. The number of esters is 1. The number of anilines is 2. The first-order valence-electron chi connectivity index (χ1n) is 12.8. The third-order valence-corrected chi connectivity index (χ3v) is 7.02. The summed E-state index contributed by atoms with van der Waals surface area (Å²) in [5, 5.41) is 3.60. The standard InChI is InChI=1S/C30H34N2O3/c1-2-34-30(33)28-20-27(28)22-13-15-24(16-14-22)31-21-23-8-6-12-29-26(23)11-7-17-32(29)18-19-35-25-9-4-3-5-10-25/h3-6,8-10,12-16,27-28,31H,2,7,11,17-21H2,1H3/t27-,28+/m0/s1. The summed E-state index contributed by atoms with van der Waals surface area (Å²) in [6.07, 6.45) is 3.17. The summed E-state index contributed by atoms with van der Waals surface area (Å²) in [5.74, 6) is 1.20. The fourth-order valence-electron chi connectivity index (χ4n) is 5.08. The maximum absolute atomic E-state index is 11.9. The van der Waals surface area contributed by atoms with Crippen LogP contribution >= 0.6 is 0 Å². The van der Waals surface area contributed by atoms with Gasteiger partial charge in [-0.2, -0.15) is 0 Å². The van der Waals surface area contributed by atoms with E-state index >= 15 is 0 Å². The monoisotopic (exact) mass is 470 g/mol. The molecule has 0 aromatic heterocycles. The molecule has 35 heavy (non-hydrogen) atoms. The minimum absolute atomic E-state index is 0.0330. The summed E-state index contributed by atoms with van der Waals surface area (Å²) in [7, 11) is 0. The van der Waals surface area contributed by atoms with E-state index < -0.39 is 0 Å². The Labute approximate surface area is 208 Å². The zero-order valence-electron chi connectivity index (χ0n) is 20.4. The maximum atomic E-state index is 11.9. The molecule has 0 radical (unpaired) electrons. The quantitative estimate of drug-likeness (QED) is 0.380. The van der Waals surface area contributed by atoms with E-state index in [2.05, 4.69) is 52.7 Å². The summed E-state index contributed by atoms with van der Waals surface area (Å²) in [6, 6.07) is 25.2. The van der Waals surface area contributed by atoms with E-state index in [-0.39, 0.29) is 11.9 Å². The van der Waals surface area contributed by atoms with E-state index in [0.29, 0.717) is 19.1 Å². The van der Waals surface area contributed by atoms with Gasteiger partial charge in [0.15, 0.2) is 0 Å². The van der Waals surface area contributed by atoms with Crippen molar-refractivity contribution in [3.8, 4) is 5.75 Å². The van der Waals surface area contributed by atoms with Crippen LogP contribution in [0.1, 0.15) is 42.4 Å². The van der Waals surface area contributed by atoms with Gasteiger partial charge in [-0.15, -0.1) is 0 Å². The number of fused-ring (bicyclic) bond motifs is 1. The number of hydrogen-bond donors (Lipinski definition) is 1. The normalized spacial score (nSPS) is 18.5. The molecule has 0 unspecified atom stereocenters. The third-order valence-electron chi connectivity index (χ3n) is 7.02. The molecule has 3 aromatic rings. The van der Waals surface area contributed by atoms with Gasteiger partial charge in [-0.05, 0) is 79.1 Å². The zero-order chi connectivity index (χ0) is 24.0. The molecule has 1 N–H and O–H groups in total. The Hall–Kier alpha value is -3.47. The fourth-order valence-corrected chi connectivity index (χ4v) is 5.08. The minimum Gasteiger partial charge on any atom is -0.492 e. The molecule has 0 bridgehead atoms. The van der Waals surface area contributed by atoms with Crippen LogP contribution in [0.3, 0.4) is 0 Å². The van der Waals surface area contributed by atoms with Gasteiger partial charge in [-0.1, -0.05) is 42.5 Å². The Kier molecular flexibility index (Phi) is 7.22. The molecule has 182 valence electrons.